The summed E-state index contributed by atoms with van der Waals surface area (Å²) in [6, 6.07) is 5.47. The molecule has 0 spiro atoms. The lowest BCUT2D eigenvalue weighted by Gasteiger charge is -2.17. The van der Waals surface area contributed by atoms with Crippen LogP contribution in [0.3, 0.4) is 0 Å². The fourth-order valence-electron chi connectivity index (χ4n) is 1.37. The summed E-state index contributed by atoms with van der Waals surface area (Å²) in [7, 11) is -3.39. The Labute approximate surface area is 126 Å². The Morgan fingerprint density at radius 3 is 2.43 bits per heavy atom. The second-order valence-electron chi connectivity index (χ2n) is 4.48. The van der Waals surface area contributed by atoms with Gasteiger partial charge in [0.15, 0.2) is 0 Å². The molecule has 0 radical (unpaired) electrons. The molecule has 21 heavy (non-hydrogen) atoms. The standard InChI is InChI=1S/C14H24N3O3P/c1-3-5-11-19-21(18,20-12-6-4-2)17-16-13-14-9-7-8-10-15-14/h7-10,13H,3-6,11-12H2,1-2H3,(H,17,18)/b16-13+. The number of aromatic nitrogens is 1. The molecule has 1 aromatic rings. The summed E-state index contributed by atoms with van der Waals surface area (Å²) in [4.78, 5) is 4.09. The third kappa shape index (κ3) is 7.95. The van der Waals surface area contributed by atoms with Crippen LogP contribution in [0.25, 0.3) is 0 Å². The number of nitrogens with one attached hydrogen (secondary N) is 1. The first-order valence-electron chi connectivity index (χ1n) is 7.30. The maximum atomic E-state index is 12.5. The van der Waals surface area contributed by atoms with Crippen LogP contribution in [0.4, 0.5) is 0 Å². The number of nitrogens with zero attached hydrogens (tertiary/aromatic N) is 2. The molecule has 0 unspecified atom stereocenters. The van der Waals surface area contributed by atoms with Crippen molar-refractivity contribution in [2.75, 3.05) is 13.2 Å². The third-order valence-corrected chi connectivity index (χ3v) is 3.99. The lowest BCUT2D eigenvalue weighted by atomic mass is 10.4. The first-order valence-corrected chi connectivity index (χ1v) is 8.85. The van der Waals surface area contributed by atoms with Gasteiger partial charge in [-0.25, -0.2) is 9.76 Å². The van der Waals surface area contributed by atoms with Crippen LogP contribution in [0, 0.1) is 0 Å². The Hall–Kier alpha value is -1.23. The van der Waals surface area contributed by atoms with E-state index < -0.39 is 7.75 Å². The topological polar surface area (TPSA) is 72.8 Å². The van der Waals surface area contributed by atoms with Gasteiger partial charge in [0.25, 0.3) is 0 Å². The highest BCUT2D eigenvalue weighted by Crippen LogP contribution is 2.43. The second-order valence-corrected chi connectivity index (χ2v) is 6.20. The fourth-order valence-corrected chi connectivity index (χ4v) is 2.50. The smallest absolute Gasteiger partial charge is 0.291 e. The van der Waals surface area contributed by atoms with E-state index in [0.29, 0.717) is 18.9 Å². The minimum atomic E-state index is -3.39. The molecule has 1 aromatic heterocycles. The molecule has 1 N–H and O–H groups in total. The van der Waals surface area contributed by atoms with Crippen LogP contribution in [0.15, 0.2) is 29.5 Å². The van der Waals surface area contributed by atoms with Gasteiger partial charge in [0.1, 0.15) is 0 Å². The molecule has 0 bridgehead atoms. The summed E-state index contributed by atoms with van der Waals surface area (Å²) in [5.41, 5.74) is 0.665. The number of hydrazone groups is 1. The van der Waals surface area contributed by atoms with Crippen LogP contribution >= 0.6 is 7.75 Å². The molecule has 6 nitrogen and oxygen atoms in total. The highest BCUT2D eigenvalue weighted by atomic mass is 31.2. The molecule has 7 heteroatoms. The molecule has 1 rings (SSSR count). The molecule has 118 valence electrons. The normalized spacial score (nSPS) is 11.9. The predicted octanol–water partition coefficient (Wildman–Crippen LogP) is 3.75. The van der Waals surface area contributed by atoms with Crippen molar-refractivity contribution in [3.63, 3.8) is 0 Å². The molecule has 0 atom stereocenters. The molecule has 1 heterocycles. The molecule has 0 saturated carbocycles. The van der Waals surface area contributed by atoms with Crippen LogP contribution in [-0.4, -0.2) is 24.4 Å². The minimum absolute atomic E-state index is 0.381. The van der Waals surface area contributed by atoms with E-state index in [0.717, 1.165) is 25.7 Å². The van der Waals surface area contributed by atoms with Crippen LogP contribution in [0.2, 0.25) is 0 Å². The van der Waals surface area contributed by atoms with Crippen molar-refractivity contribution in [2.45, 2.75) is 39.5 Å². The SMILES string of the molecule is CCCCOP(=O)(N/N=C/c1ccccn1)OCCCC. The largest absolute Gasteiger partial charge is 0.448 e. The lowest BCUT2D eigenvalue weighted by molar-refractivity contribution is 0.192. The van der Waals surface area contributed by atoms with Gasteiger partial charge < -0.3 is 0 Å². The fraction of sp³-hybridized carbons (Fsp3) is 0.571. The molecule has 0 aliphatic rings. The van der Waals surface area contributed by atoms with Gasteiger partial charge in [-0.1, -0.05) is 32.8 Å². The quantitative estimate of drug-likeness (QED) is 0.291. The van der Waals surface area contributed by atoms with E-state index in [4.69, 9.17) is 9.05 Å². The summed E-state index contributed by atoms with van der Waals surface area (Å²) in [5, 5.41) is 6.42. The van der Waals surface area contributed by atoms with Gasteiger partial charge in [-0.15, -0.1) is 0 Å². The molecular weight excluding hydrogens is 289 g/mol. The average Bonchev–Trinajstić information content (AvgIpc) is 2.49. The van der Waals surface area contributed by atoms with Gasteiger partial charge in [0.05, 0.1) is 25.1 Å². The van der Waals surface area contributed by atoms with Crippen LogP contribution in [0.5, 0.6) is 0 Å². The highest BCUT2D eigenvalue weighted by molar-refractivity contribution is 7.51. The van der Waals surface area contributed by atoms with Crippen molar-refractivity contribution in [1.82, 2.24) is 10.2 Å². The monoisotopic (exact) mass is 313 g/mol. The number of pyridine rings is 1. The highest BCUT2D eigenvalue weighted by Gasteiger charge is 2.23. The zero-order valence-corrected chi connectivity index (χ0v) is 13.6. The van der Waals surface area contributed by atoms with Gasteiger partial charge in [0, 0.05) is 6.20 Å². The first-order chi connectivity index (χ1) is 10.2. The van der Waals surface area contributed by atoms with Crippen molar-refractivity contribution in [3.8, 4) is 0 Å². The summed E-state index contributed by atoms with van der Waals surface area (Å²) in [6.07, 6.45) is 6.73. The Bertz CT molecular complexity index is 440. The Morgan fingerprint density at radius 2 is 1.90 bits per heavy atom. The first kappa shape index (κ1) is 17.8. The molecule has 0 fully saturated rings. The van der Waals surface area contributed by atoms with Gasteiger partial charge in [-0.05, 0) is 25.0 Å². The van der Waals surface area contributed by atoms with E-state index in [1.165, 1.54) is 6.21 Å². The lowest BCUT2D eigenvalue weighted by Crippen LogP contribution is -2.11. The van der Waals surface area contributed by atoms with Crippen LogP contribution in [-0.2, 0) is 13.6 Å². The van der Waals surface area contributed by atoms with Gasteiger partial charge in [-0.2, -0.15) is 5.10 Å². The number of hydrogen-bond donors (Lipinski definition) is 1. The maximum absolute atomic E-state index is 12.5. The van der Waals surface area contributed by atoms with Gasteiger partial charge >= 0.3 is 7.75 Å². The Morgan fingerprint density at radius 1 is 1.24 bits per heavy atom. The molecular formula is C14H24N3O3P. The summed E-state index contributed by atoms with van der Waals surface area (Å²) in [5.74, 6) is 0. The Kier molecular flexibility index (Phi) is 8.90. The van der Waals surface area contributed by atoms with E-state index in [-0.39, 0.29) is 0 Å². The average molecular weight is 313 g/mol. The molecule has 0 saturated heterocycles. The second kappa shape index (κ2) is 10.5. The molecule has 0 amide bonds. The van der Waals surface area contributed by atoms with Crippen molar-refractivity contribution in [2.24, 2.45) is 5.10 Å². The maximum Gasteiger partial charge on any atom is 0.448 e. The number of rotatable bonds is 11. The summed E-state index contributed by atoms with van der Waals surface area (Å²) < 4.78 is 23.1. The van der Waals surface area contributed by atoms with Crippen molar-refractivity contribution in [3.05, 3.63) is 30.1 Å². The zero-order valence-electron chi connectivity index (χ0n) is 12.7. The van der Waals surface area contributed by atoms with Crippen molar-refractivity contribution >= 4 is 14.0 Å². The van der Waals surface area contributed by atoms with E-state index in [9.17, 15) is 4.57 Å². The zero-order chi connectivity index (χ0) is 15.4. The Balaban J connectivity index is 2.54. The predicted molar refractivity (Wildman–Crippen MR) is 84.3 cm³/mol. The van der Waals surface area contributed by atoms with E-state index in [1.807, 2.05) is 26.0 Å². The molecule has 0 aliphatic heterocycles. The van der Waals surface area contributed by atoms with E-state index in [1.54, 1.807) is 12.3 Å². The van der Waals surface area contributed by atoms with Crippen LogP contribution < -0.4 is 5.20 Å². The summed E-state index contributed by atoms with van der Waals surface area (Å²) >= 11 is 0. The van der Waals surface area contributed by atoms with Crippen molar-refractivity contribution in [1.29, 1.82) is 0 Å². The number of hydrogen-bond acceptors (Lipinski definition) is 5. The number of unbranched alkanes of at least 4 members (excludes halogenated alkanes) is 2. The van der Waals surface area contributed by atoms with Crippen molar-refractivity contribution < 1.29 is 13.6 Å². The van der Waals surface area contributed by atoms with Gasteiger partial charge in [0.2, 0.25) is 0 Å². The molecule has 0 aromatic carbocycles. The minimum Gasteiger partial charge on any atom is -0.291 e. The third-order valence-electron chi connectivity index (χ3n) is 2.58. The van der Waals surface area contributed by atoms with Gasteiger partial charge in [-0.3, -0.25) is 14.0 Å². The summed E-state index contributed by atoms with van der Waals surface area (Å²) in [6.45, 7) is 4.84. The molecule has 0 aliphatic carbocycles. The van der Waals surface area contributed by atoms with Crippen LogP contribution in [0.1, 0.15) is 45.2 Å². The van der Waals surface area contributed by atoms with E-state index in [2.05, 4.69) is 15.3 Å². The van der Waals surface area contributed by atoms with E-state index >= 15 is 0 Å².